The normalized spacial score (nSPS) is 27.6. The molecule has 3 nitrogen and oxygen atoms in total. The lowest BCUT2D eigenvalue weighted by Crippen LogP contribution is -2.49. The highest BCUT2D eigenvalue weighted by Gasteiger charge is 2.29. The summed E-state index contributed by atoms with van der Waals surface area (Å²) in [5, 5.41) is 18.9. The molecule has 1 rings (SSSR count). The highest BCUT2D eigenvalue weighted by Crippen LogP contribution is 2.24. The van der Waals surface area contributed by atoms with E-state index < -0.39 is 0 Å². The molecule has 2 atom stereocenters. The molecule has 2 N–H and O–H groups in total. The first-order valence-corrected chi connectivity index (χ1v) is 6.21. The summed E-state index contributed by atoms with van der Waals surface area (Å²) in [5.41, 5.74) is 0. The van der Waals surface area contributed by atoms with E-state index in [1.54, 1.807) is 0 Å². The van der Waals surface area contributed by atoms with E-state index in [4.69, 9.17) is 5.11 Å². The molecule has 1 saturated carbocycles. The number of rotatable bonds is 5. The Morgan fingerprint density at radius 1 is 1.27 bits per heavy atom. The van der Waals surface area contributed by atoms with Gasteiger partial charge in [0.2, 0.25) is 0 Å². The zero-order chi connectivity index (χ0) is 11.3. The van der Waals surface area contributed by atoms with Crippen LogP contribution in [0.2, 0.25) is 0 Å². The SMILES string of the molecule is CC(C)N(CCCO)[C@H]1CCCC[C@@H]1O. The van der Waals surface area contributed by atoms with Crippen molar-refractivity contribution in [3.05, 3.63) is 0 Å². The topological polar surface area (TPSA) is 43.7 Å². The summed E-state index contributed by atoms with van der Waals surface area (Å²) in [6.45, 7) is 5.47. The van der Waals surface area contributed by atoms with Crippen molar-refractivity contribution in [2.24, 2.45) is 0 Å². The molecule has 0 aromatic carbocycles. The first kappa shape index (κ1) is 12.9. The van der Waals surface area contributed by atoms with Crippen molar-refractivity contribution >= 4 is 0 Å². The summed E-state index contributed by atoms with van der Waals surface area (Å²) >= 11 is 0. The Kier molecular flexibility index (Phi) is 5.58. The van der Waals surface area contributed by atoms with E-state index in [0.717, 1.165) is 32.2 Å². The van der Waals surface area contributed by atoms with Crippen molar-refractivity contribution in [2.75, 3.05) is 13.2 Å². The van der Waals surface area contributed by atoms with Gasteiger partial charge < -0.3 is 10.2 Å². The number of aliphatic hydroxyl groups is 2. The van der Waals surface area contributed by atoms with Crippen LogP contribution in [0.3, 0.4) is 0 Å². The van der Waals surface area contributed by atoms with E-state index in [-0.39, 0.29) is 12.7 Å². The number of aliphatic hydroxyl groups excluding tert-OH is 2. The molecular weight excluding hydrogens is 190 g/mol. The number of nitrogens with zero attached hydrogens (tertiary/aromatic N) is 1. The Hall–Kier alpha value is -0.120. The van der Waals surface area contributed by atoms with Gasteiger partial charge in [0.1, 0.15) is 0 Å². The maximum atomic E-state index is 9.98. The molecule has 0 bridgehead atoms. The molecule has 0 spiro atoms. The van der Waals surface area contributed by atoms with Crippen LogP contribution in [-0.4, -0.2) is 46.5 Å². The summed E-state index contributed by atoms with van der Waals surface area (Å²) in [7, 11) is 0. The average molecular weight is 215 g/mol. The standard InChI is InChI=1S/C12H25NO2/c1-10(2)13(8-5-9-14)11-6-3-4-7-12(11)15/h10-12,14-15H,3-9H2,1-2H3/t11-,12-/m0/s1. The second kappa shape index (κ2) is 6.46. The van der Waals surface area contributed by atoms with Crippen molar-refractivity contribution in [2.45, 2.75) is 64.1 Å². The lowest BCUT2D eigenvalue weighted by molar-refractivity contribution is 0.00244. The lowest BCUT2D eigenvalue weighted by atomic mass is 9.90. The summed E-state index contributed by atoms with van der Waals surface area (Å²) < 4.78 is 0. The first-order valence-electron chi connectivity index (χ1n) is 6.21. The summed E-state index contributed by atoms with van der Waals surface area (Å²) in [6, 6.07) is 0.764. The molecule has 1 aliphatic rings. The van der Waals surface area contributed by atoms with Gasteiger partial charge in [-0.1, -0.05) is 12.8 Å². The molecule has 0 saturated heterocycles. The minimum atomic E-state index is -0.167. The molecule has 3 heteroatoms. The quantitative estimate of drug-likeness (QED) is 0.728. The Bertz CT molecular complexity index is 173. The van der Waals surface area contributed by atoms with Gasteiger partial charge in [0.05, 0.1) is 6.10 Å². The van der Waals surface area contributed by atoms with Crippen LogP contribution in [0.25, 0.3) is 0 Å². The summed E-state index contributed by atoms with van der Waals surface area (Å²) in [6.07, 6.45) is 5.06. The van der Waals surface area contributed by atoms with E-state index in [9.17, 15) is 5.11 Å². The second-order valence-corrected chi connectivity index (χ2v) is 4.83. The van der Waals surface area contributed by atoms with Gasteiger partial charge >= 0.3 is 0 Å². The van der Waals surface area contributed by atoms with Crippen LogP contribution in [-0.2, 0) is 0 Å². The van der Waals surface area contributed by atoms with Crippen LogP contribution < -0.4 is 0 Å². The lowest BCUT2D eigenvalue weighted by Gasteiger charge is -2.40. The average Bonchev–Trinajstić information content (AvgIpc) is 2.20. The van der Waals surface area contributed by atoms with Gasteiger partial charge in [-0.3, -0.25) is 4.90 Å². The Morgan fingerprint density at radius 2 is 1.93 bits per heavy atom. The summed E-state index contributed by atoms with van der Waals surface area (Å²) in [5.74, 6) is 0. The van der Waals surface area contributed by atoms with E-state index >= 15 is 0 Å². The van der Waals surface area contributed by atoms with Gasteiger partial charge in [-0.25, -0.2) is 0 Å². The maximum Gasteiger partial charge on any atom is 0.0695 e. The van der Waals surface area contributed by atoms with E-state index in [2.05, 4.69) is 18.7 Å². The third-order valence-electron chi connectivity index (χ3n) is 3.36. The van der Waals surface area contributed by atoms with E-state index in [1.807, 2.05) is 0 Å². The molecule has 0 unspecified atom stereocenters. The van der Waals surface area contributed by atoms with Crippen molar-refractivity contribution in [3.8, 4) is 0 Å². The molecule has 0 aromatic rings. The fourth-order valence-electron chi connectivity index (χ4n) is 2.54. The largest absolute Gasteiger partial charge is 0.396 e. The van der Waals surface area contributed by atoms with Gasteiger partial charge in [-0.05, 0) is 33.1 Å². The van der Waals surface area contributed by atoms with Gasteiger partial charge in [0.25, 0.3) is 0 Å². The zero-order valence-corrected chi connectivity index (χ0v) is 10.0. The van der Waals surface area contributed by atoms with Gasteiger partial charge in [0, 0.05) is 25.2 Å². The molecule has 1 aliphatic carbocycles. The van der Waals surface area contributed by atoms with Crippen molar-refractivity contribution < 1.29 is 10.2 Å². The summed E-state index contributed by atoms with van der Waals surface area (Å²) in [4.78, 5) is 2.35. The van der Waals surface area contributed by atoms with Crippen LogP contribution in [0.4, 0.5) is 0 Å². The molecule has 15 heavy (non-hydrogen) atoms. The van der Waals surface area contributed by atoms with Gasteiger partial charge in [-0.2, -0.15) is 0 Å². The van der Waals surface area contributed by atoms with Crippen molar-refractivity contribution in [3.63, 3.8) is 0 Å². The highest BCUT2D eigenvalue weighted by atomic mass is 16.3. The monoisotopic (exact) mass is 215 g/mol. The van der Waals surface area contributed by atoms with E-state index in [0.29, 0.717) is 12.1 Å². The molecule has 90 valence electrons. The van der Waals surface area contributed by atoms with Gasteiger partial charge in [-0.15, -0.1) is 0 Å². The molecule has 0 radical (unpaired) electrons. The Morgan fingerprint density at radius 3 is 2.47 bits per heavy atom. The highest BCUT2D eigenvalue weighted by molar-refractivity contribution is 4.84. The van der Waals surface area contributed by atoms with Crippen molar-refractivity contribution in [1.29, 1.82) is 0 Å². The maximum absolute atomic E-state index is 9.98. The Labute approximate surface area is 93.1 Å². The van der Waals surface area contributed by atoms with Crippen LogP contribution in [0, 0.1) is 0 Å². The van der Waals surface area contributed by atoms with Gasteiger partial charge in [0.15, 0.2) is 0 Å². The molecular formula is C12H25NO2. The minimum absolute atomic E-state index is 0.167. The van der Waals surface area contributed by atoms with Crippen molar-refractivity contribution in [1.82, 2.24) is 4.90 Å². The third kappa shape index (κ3) is 3.74. The second-order valence-electron chi connectivity index (χ2n) is 4.83. The fourth-order valence-corrected chi connectivity index (χ4v) is 2.54. The van der Waals surface area contributed by atoms with Crippen LogP contribution >= 0.6 is 0 Å². The van der Waals surface area contributed by atoms with Crippen LogP contribution in [0.5, 0.6) is 0 Å². The smallest absolute Gasteiger partial charge is 0.0695 e. The predicted octanol–water partition coefficient (Wildman–Crippen LogP) is 1.38. The Balaban J connectivity index is 2.52. The molecule has 0 aromatic heterocycles. The minimum Gasteiger partial charge on any atom is -0.396 e. The zero-order valence-electron chi connectivity index (χ0n) is 10.0. The van der Waals surface area contributed by atoms with Crippen LogP contribution in [0.1, 0.15) is 46.0 Å². The van der Waals surface area contributed by atoms with E-state index in [1.165, 1.54) is 6.42 Å². The number of hydrogen-bond acceptors (Lipinski definition) is 3. The molecule has 0 aliphatic heterocycles. The first-order chi connectivity index (χ1) is 7.16. The fraction of sp³-hybridized carbons (Fsp3) is 1.00. The predicted molar refractivity (Wildman–Crippen MR) is 61.8 cm³/mol. The molecule has 0 amide bonds. The molecule has 1 fully saturated rings. The molecule has 0 heterocycles. The van der Waals surface area contributed by atoms with Crippen LogP contribution in [0.15, 0.2) is 0 Å². The third-order valence-corrected chi connectivity index (χ3v) is 3.36. The number of hydrogen-bond donors (Lipinski definition) is 2.